The molecular weight excluding hydrogens is 278 g/mol. The maximum Gasteiger partial charge on any atom is 0.252 e. The zero-order chi connectivity index (χ0) is 14.9. The minimum atomic E-state index is -0.242. The van der Waals surface area contributed by atoms with Crippen LogP contribution in [0.15, 0.2) is 30.3 Å². The molecule has 1 saturated heterocycles. The van der Waals surface area contributed by atoms with E-state index in [2.05, 4.69) is 22.3 Å². The number of ether oxygens (including phenoxy) is 1. The van der Waals surface area contributed by atoms with Gasteiger partial charge < -0.3 is 9.64 Å². The summed E-state index contributed by atoms with van der Waals surface area (Å²) in [5, 5.41) is 7.60. The molecule has 1 fully saturated rings. The molecule has 3 heterocycles. The highest BCUT2D eigenvalue weighted by molar-refractivity contribution is 5.81. The monoisotopic (exact) mass is 297 g/mol. The molecule has 0 radical (unpaired) electrons. The third-order valence-corrected chi connectivity index (χ3v) is 4.50. The normalized spacial score (nSPS) is 20.9. The Kier molecular flexibility index (Phi) is 3.42. The molecule has 2 aliphatic heterocycles. The number of aromatic amines is 1. The second-order valence-corrected chi connectivity index (χ2v) is 5.91. The van der Waals surface area contributed by atoms with Gasteiger partial charge in [-0.1, -0.05) is 30.3 Å². The quantitative estimate of drug-likeness (QED) is 0.924. The van der Waals surface area contributed by atoms with Crippen molar-refractivity contribution in [2.75, 3.05) is 13.2 Å². The van der Waals surface area contributed by atoms with E-state index in [0.29, 0.717) is 13.2 Å². The molecule has 1 N–H and O–H groups in total. The van der Waals surface area contributed by atoms with Crippen molar-refractivity contribution in [1.82, 2.24) is 15.1 Å². The maximum atomic E-state index is 12.6. The van der Waals surface area contributed by atoms with E-state index in [9.17, 15) is 4.79 Å². The summed E-state index contributed by atoms with van der Waals surface area (Å²) in [7, 11) is 0. The van der Waals surface area contributed by atoms with Gasteiger partial charge in [0.05, 0.1) is 5.69 Å². The van der Waals surface area contributed by atoms with Gasteiger partial charge in [0.15, 0.2) is 0 Å². The molecule has 0 bridgehead atoms. The van der Waals surface area contributed by atoms with Gasteiger partial charge in [0, 0.05) is 42.9 Å². The number of hydrogen-bond donors (Lipinski definition) is 1. The second kappa shape index (κ2) is 5.57. The Balaban J connectivity index is 1.60. The predicted octanol–water partition coefficient (Wildman–Crippen LogP) is 2.14. The fraction of sp³-hybridized carbons (Fsp3) is 0.412. The number of benzene rings is 1. The number of nitrogens with zero attached hydrogens (tertiary/aromatic N) is 2. The predicted molar refractivity (Wildman–Crippen MR) is 82.1 cm³/mol. The summed E-state index contributed by atoms with van der Waals surface area (Å²) in [4.78, 5) is 14.5. The SMILES string of the molecule is O=C(C1CCCO1)N1CCc2[nH]nc(-c3ccccc3)c2C1. The van der Waals surface area contributed by atoms with Crippen LogP contribution in [0.1, 0.15) is 24.1 Å². The Bertz CT molecular complexity index is 674. The fourth-order valence-electron chi connectivity index (χ4n) is 3.29. The van der Waals surface area contributed by atoms with E-state index in [1.165, 1.54) is 0 Å². The van der Waals surface area contributed by atoms with Gasteiger partial charge in [0.2, 0.25) is 0 Å². The van der Waals surface area contributed by atoms with E-state index in [-0.39, 0.29) is 12.0 Å². The molecule has 2 aromatic rings. The molecule has 5 heteroatoms. The van der Waals surface area contributed by atoms with Crippen LogP contribution in [-0.2, 0) is 22.5 Å². The topological polar surface area (TPSA) is 58.2 Å². The third kappa shape index (κ3) is 2.31. The second-order valence-electron chi connectivity index (χ2n) is 5.91. The fourth-order valence-corrected chi connectivity index (χ4v) is 3.29. The minimum Gasteiger partial charge on any atom is -0.368 e. The largest absolute Gasteiger partial charge is 0.368 e. The summed E-state index contributed by atoms with van der Waals surface area (Å²) >= 11 is 0. The summed E-state index contributed by atoms with van der Waals surface area (Å²) in [5.41, 5.74) is 4.34. The zero-order valence-electron chi connectivity index (χ0n) is 12.4. The first kappa shape index (κ1) is 13.5. The van der Waals surface area contributed by atoms with Gasteiger partial charge in [-0.3, -0.25) is 9.89 Å². The van der Waals surface area contributed by atoms with Crippen LogP contribution in [0.4, 0.5) is 0 Å². The third-order valence-electron chi connectivity index (χ3n) is 4.50. The highest BCUT2D eigenvalue weighted by Crippen LogP contribution is 2.29. The number of amides is 1. The molecule has 1 aromatic carbocycles. The molecule has 0 spiro atoms. The van der Waals surface area contributed by atoms with Crippen LogP contribution in [0.2, 0.25) is 0 Å². The van der Waals surface area contributed by atoms with Crippen molar-refractivity contribution >= 4 is 5.91 Å². The molecule has 0 aliphatic carbocycles. The van der Waals surface area contributed by atoms with Gasteiger partial charge >= 0.3 is 0 Å². The lowest BCUT2D eigenvalue weighted by molar-refractivity contribution is -0.141. The van der Waals surface area contributed by atoms with Crippen LogP contribution in [-0.4, -0.2) is 40.3 Å². The van der Waals surface area contributed by atoms with Crippen LogP contribution < -0.4 is 0 Å². The number of carbonyl (C=O) groups is 1. The highest BCUT2D eigenvalue weighted by atomic mass is 16.5. The molecule has 22 heavy (non-hydrogen) atoms. The first-order valence-electron chi connectivity index (χ1n) is 7.85. The lowest BCUT2D eigenvalue weighted by Gasteiger charge is -2.29. The van der Waals surface area contributed by atoms with E-state index in [1.54, 1.807) is 0 Å². The van der Waals surface area contributed by atoms with E-state index in [0.717, 1.165) is 48.3 Å². The van der Waals surface area contributed by atoms with E-state index < -0.39 is 0 Å². The molecule has 5 nitrogen and oxygen atoms in total. The summed E-state index contributed by atoms with van der Waals surface area (Å²) in [5.74, 6) is 0.128. The average Bonchev–Trinajstić information content (AvgIpc) is 3.24. The molecular formula is C17H19N3O2. The molecule has 0 saturated carbocycles. The van der Waals surface area contributed by atoms with Gasteiger partial charge in [-0.15, -0.1) is 0 Å². The molecule has 4 rings (SSSR count). The number of rotatable bonds is 2. The summed E-state index contributed by atoms with van der Waals surface area (Å²) in [6, 6.07) is 10.1. The van der Waals surface area contributed by atoms with Crippen molar-refractivity contribution < 1.29 is 9.53 Å². The van der Waals surface area contributed by atoms with Gasteiger partial charge in [-0.05, 0) is 12.8 Å². The maximum absolute atomic E-state index is 12.6. The molecule has 2 aliphatic rings. The molecule has 1 amide bonds. The number of H-pyrrole nitrogens is 1. The Morgan fingerprint density at radius 3 is 2.95 bits per heavy atom. The van der Waals surface area contributed by atoms with Crippen LogP contribution in [0.25, 0.3) is 11.3 Å². The standard InChI is InChI=1S/C17H19N3O2/c21-17(15-7-4-10-22-15)20-9-8-14-13(11-20)16(19-18-14)12-5-2-1-3-6-12/h1-3,5-6,15H,4,7-11H2,(H,18,19). The number of aromatic nitrogens is 2. The van der Waals surface area contributed by atoms with Crippen LogP contribution >= 0.6 is 0 Å². The lowest BCUT2D eigenvalue weighted by atomic mass is 10.0. The number of fused-ring (bicyclic) bond motifs is 1. The van der Waals surface area contributed by atoms with Gasteiger partial charge in [0.1, 0.15) is 6.10 Å². The first-order valence-corrected chi connectivity index (χ1v) is 7.85. The zero-order valence-corrected chi connectivity index (χ0v) is 12.4. The first-order chi connectivity index (χ1) is 10.8. The lowest BCUT2D eigenvalue weighted by Crippen LogP contribution is -2.41. The number of carbonyl (C=O) groups excluding carboxylic acids is 1. The van der Waals surface area contributed by atoms with Crippen molar-refractivity contribution in [2.24, 2.45) is 0 Å². The summed E-state index contributed by atoms with van der Waals surface area (Å²) < 4.78 is 5.54. The number of nitrogens with one attached hydrogen (secondary N) is 1. The van der Waals surface area contributed by atoms with E-state index in [4.69, 9.17) is 4.74 Å². The van der Waals surface area contributed by atoms with Crippen molar-refractivity contribution in [1.29, 1.82) is 0 Å². The molecule has 1 atom stereocenters. The molecule has 1 aromatic heterocycles. The Hall–Kier alpha value is -2.14. The van der Waals surface area contributed by atoms with E-state index >= 15 is 0 Å². The van der Waals surface area contributed by atoms with Crippen LogP contribution in [0.3, 0.4) is 0 Å². The van der Waals surface area contributed by atoms with Crippen molar-refractivity contribution in [2.45, 2.75) is 31.9 Å². The van der Waals surface area contributed by atoms with Crippen molar-refractivity contribution in [3.63, 3.8) is 0 Å². The smallest absolute Gasteiger partial charge is 0.252 e. The van der Waals surface area contributed by atoms with Gasteiger partial charge in [0.25, 0.3) is 5.91 Å². The number of hydrogen-bond acceptors (Lipinski definition) is 3. The highest BCUT2D eigenvalue weighted by Gasteiger charge is 2.32. The summed E-state index contributed by atoms with van der Waals surface area (Å²) in [6.45, 7) is 2.06. The molecule has 114 valence electrons. The van der Waals surface area contributed by atoms with Gasteiger partial charge in [-0.25, -0.2) is 0 Å². The Morgan fingerprint density at radius 2 is 2.18 bits per heavy atom. The van der Waals surface area contributed by atoms with Crippen LogP contribution in [0.5, 0.6) is 0 Å². The van der Waals surface area contributed by atoms with Gasteiger partial charge in [-0.2, -0.15) is 5.10 Å². The Morgan fingerprint density at radius 1 is 1.32 bits per heavy atom. The molecule has 1 unspecified atom stereocenters. The van der Waals surface area contributed by atoms with Crippen molar-refractivity contribution in [3.05, 3.63) is 41.6 Å². The Labute approximate surface area is 129 Å². The average molecular weight is 297 g/mol. The minimum absolute atomic E-state index is 0.128. The van der Waals surface area contributed by atoms with Crippen molar-refractivity contribution in [3.8, 4) is 11.3 Å². The summed E-state index contributed by atoms with van der Waals surface area (Å²) in [6.07, 6.45) is 2.41. The van der Waals surface area contributed by atoms with Crippen LogP contribution in [0, 0.1) is 0 Å². The van der Waals surface area contributed by atoms with E-state index in [1.807, 2.05) is 23.1 Å².